The van der Waals surface area contributed by atoms with E-state index in [4.69, 9.17) is 0 Å². The van der Waals surface area contributed by atoms with Crippen molar-refractivity contribution in [2.45, 2.75) is 33.6 Å². The zero-order valence-corrected chi connectivity index (χ0v) is 19.9. The van der Waals surface area contributed by atoms with Gasteiger partial charge < -0.3 is 15.1 Å². The molecule has 1 saturated heterocycles. The maximum absolute atomic E-state index is 13.1. The van der Waals surface area contributed by atoms with Crippen LogP contribution in [0.5, 0.6) is 0 Å². The highest BCUT2D eigenvalue weighted by Gasteiger charge is 2.27. The fourth-order valence-electron chi connectivity index (χ4n) is 4.26. The van der Waals surface area contributed by atoms with E-state index in [1.54, 1.807) is 11.3 Å². The highest BCUT2D eigenvalue weighted by Crippen LogP contribution is 2.27. The molecule has 7 heteroatoms. The zero-order chi connectivity index (χ0) is 22.5. The first-order valence-electron chi connectivity index (χ1n) is 11.4. The van der Waals surface area contributed by atoms with Gasteiger partial charge in [0.15, 0.2) is 5.82 Å². The van der Waals surface area contributed by atoms with E-state index in [0.717, 1.165) is 60.1 Å². The molecule has 4 rings (SSSR count). The number of carbonyl (C=O) groups is 1. The molecule has 1 fully saturated rings. The van der Waals surface area contributed by atoms with Gasteiger partial charge >= 0.3 is 0 Å². The maximum atomic E-state index is 13.1. The number of benzene rings is 1. The van der Waals surface area contributed by atoms with E-state index < -0.39 is 0 Å². The van der Waals surface area contributed by atoms with Gasteiger partial charge in [0.25, 0.3) is 0 Å². The van der Waals surface area contributed by atoms with Crippen molar-refractivity contribution in [2.75, 3.05) is 41.3 Å². The summed E-state index contributed by atoms with van der Waals surface area (Å²) in [4.78, 5) is 18.7. The monoisotopic (exact) mass is 449 g/mol. The number of anilines is 3. The van der Waals surface area contributed by atoms with Crippen molar-refractivity contribution in [3.8, 4) is 10.6 Å². The van der Waals surface area contributed by atoms with Gasteiger partial charge in [0.05, 0.1) is 10.8 Å². The molecule has 0 saturated carbocycles. The Morgan fingerprint density at radius 1 is 1.19 bits per heavy atom. The predicted molar refractivity (Wildman–Crippen MR) is 134 cm³/mol. The number of thiophene rings is 1. The Bertz CT molecular complexity index is 1030. The average molecular weight is 450 g/mol. The Hall–Kier alpha value is -2.93. The first kappa shape index (κ1) is 22.3. The van der Waals surface area contributed by atoms with E-state index in [0.29, 0.717) is 6.54 Å². The molecule has 0 radical (unpaired) electrons. The molecule has 3 aromatic rings. The van der Waals surface area contributed by atoms with Gasteiger partial charge in [0, 0.05) is 37.6 Å². The molecule has 1 aliphatic heterocycles. The Kier molecular flexibility index (Phi) is 7.05. The Balaban J connectivity index is 1.40. The van der Waals surface area contributed by atoms with E-state index in [1.807, 2.05) is 35.7 Å². The zero-order valence-electron chi connectivity index (χ0n) is 19.0. The number of carbonyl (C=O) groups excluding carboxylic acids is 1. The molecule has 0 spiro atoms. The number of aryl methyl sites for hydroxylation is 1. The number of nitrogens with one attached hydrogen (secondary N) is 1. The van der Waals surface area contributed by atoms with Crippen LogP contribution >= 0.6 is 11.3 Å². The van der Waals surface area contributed by atoms with Crippen molar-refractivity contribution in [2.24, 2.45) is 5.92 Å². The molecule has 1 aromatic carbocycles. The highest BCUT2D eigenvalue weighted by atomic mass is 32.1. The van der Waals surface area contributed by atoms with E-state index in [1.165, 1.54) is 5.69 Å². The van der Waals surface area contributed by atoms with Gasteiger partial charge in [-0.25, -0.2) is 0 Å². The quantitative estimate of drug-likeness (QED) is 0.536. The van der Waals surface area contributed by atoms with Crippen LogP contribution in [0, 0.1) is 12.8 Å². The Morgan fingerprint density at radius 3 is 2.69 bits per heavy atom. The fourth-order valence-corrected chi connectivity index (χ4v) is 4.95. The van der Waals surface area contributed by atoms with Crippen molar-refractivity contribution >= 4 is 34.4 Å². The minimum atomic E-state index is -0.0654. The summed E-state index contributed by atoms with van der Waals surface area (Å²) in [6, 6.07) is 14.4. The molecule has 1 unspecified atom stereocenters. The van der Waals surface area contributed by atoms with Crippen molar-refractivity contribution in [1.82, 2.24) is 10.2 Å². The fraction of sp³-hybridized carbons (Fsp3) is 0.400. The van der Waals surface area contributed by atoms with Crippen LogP contribution in [-0.2, 0) is 4.79 Å². The summed E-state index contributed by atoms with van der Waals surface area (Å²) in [5.74, 6) is 0.850. The van der Waals surface area contributed by atoms with Gasteiger partial charge in [-0.15, -0.1) is 21.5 Å². The van der Waals surface area contributed by atoms with Gasteiger partial charge in [-0.2, -0.15) is 0 Å². The Morgan fingerprint density at radius 2 is 2.03 bits per heavy atom. The number of amides is 1. The minimum Gasteiger partial charge on any atom is -0.372 e. The largest absolute Gasteiger partial charge is 0.372 e. The molecule has 6 nitrogen and oxygen atoms in total. The summed E-state index contributed by atoms with van der Waals surface area (Å²) >= 11 is 1.66. The van der Waals surface area contributed by atoms with Crippen molar-refractivity contribution in [1.29, 1.82) is 0 Å². The third kappa shape index (κ3) is 4.93. The molecule has 32 heavy (non-hydrogen) atoms. The lowest BCUT2D eigenvalue weighted by Gasteiger charge is -2.32. The van der Waals surface area contributed by atoms with Crippen LogP contribution in [0.1, 0.15) is 32.3 Å². The molecule has 168 valence electrons. The second kappa shape index (κ2) is 10.1. The summed E-state index contributed by atoms with van der Waals surface area (Å²) < 4.78 is 0. The molecule has 0 aliphatic carbocycles. The smallest absolute Gasteiger partial charge is 0.229 e. The highest BCUT2D eigenvalue weighted by molar-refractivity contribution is 7.13. The molecule has 0 bridgehead atoms. The number of hydrogen-bond acceptors (Lipinski definition) is 6. The number of rotatable bonds is 7. The number of nitrogens with zero attached hydrogens (tertiary/aromatic N) is 4. The summed E-state index contributed by atoms with van der Waals surface area (Å²) in [6.07, 6.45) is 1.85. The van der Waals surface area contributed by atoms with Crippen LogP contribution in [0.3, 0.4) is 0 Å². The lowest BCUT2D eigenvalue weighted by molar-refractivity contribution is -0.120. The standard InChI is InChI=1S/C25H31N5OS/c1-4-29(5-2)20-10-11-21(18(3)16-20)26-25(31)19-8-6-14-30(17-19)24-13-12-22(27-28-24)23-9-7-15-32-23/h7,9-13,15-16,19H,4-6,8,14,17H2,1-3H3,(H,26,31). The van der Waals surface area contributed by atoms with Crippen LogP contribution in [-0.4, -0.2) is 42.3 Å². The van der Waals surface area contributed by atoms with Gasteiger partial charge in [-0.3, -0.25) is 4.79 Å². The number of hydrogen-bond donors (Lipinski definition) is 1. The molecule has 1 aliphatic rings. The van der Waals surface area contributed by atoms with Crippen molar-refractivity contribution in [3.63, 3.8) is 0 Å². The van der Waals surface area contributed by atoms with Gasteiger partial charge in [-0.05, 0) is 81.0 Å². The average Bonchev–Trinajstić information content (AvgIpc) is 3.37. The molecule has 2 aromatic heterocycles. The van der Waals surface area contributed by atoms with E-state index >= 15 is 0 Å². The van der Waals surface area contributed by atoms with E-state index in [-0.39, 0.29) is 11.8 Å². The SMILES string of the molecule is CCN(CC)c1ccc(NC(=O)C2CCCN(c3ccc(-c4cccs4)nn3)C2)c(C)c1. The Labute approximate surface area is 194 Å². The topological polar surface area (TPSA) is 61.4 Å². The van der Waals surface area contributed by atoms with Gasteiger partial charge in [0.2, 0.25) is 5.91 Å². The maximum Gasteiger partial charge on any atom is 0.229 e. The number of piperidine rings is 1. The summed E-state index contributed by atoms with van der Waals surface area (Å²) in [6.45, 7) is 9.87. The second-order valence-corrected chi connectivity index (χ2v) is 9.15. The lowest BCUT2D eigenvalue weighted by Crippen LogP contribution is -2.41. The molecule has 3 heterocycles. The summed E-state index contributed by atoms with van der Waals surface area (Å²) in [7, 11) is 0. The molecular formula is C25H31N5OS. The van der Waals surface area contributed by atoms with Crippen molar-refractivity contribution < 1.29 is 4.79 Å². The van der Waals surface area contributed by atoms with Crippen LogP contribution in [0.25, 0.3) is 10.6 Å². The lowest BCUT2D eigenvalue weighted by atomic mass is 9.96. The normalized spacial score (nSPS) is 16.1. The van der Waals surface area contributed by atoms with Crippen LogP contribution < -0.4 is 15.1 Å². The van der Waals surface area contributed by atoms with E-state index in [9.17, 15) is 4.79 Å². The molecule has 1 N–H and O–H groups in total. The molecular weight excluding hydrogens is 418 g/mol. The minimum absolute atomic E-state index is 0.0654. The van der Waals surface area contributed by atoms with Crippen molar-refractivity contribution in [3.05, 3.63) is 53.4 Å². The van der Waals surface area contributed by atoms with Gasteiger partial charge in [-0.1, -0.05) is 6.07 Å². The summed E-state index contributed by atoms with van der Waals surface area (Å²) in [5, 5.41) is 14.0. The number of aromatic nitrogens is 2. The first-order valence-corrected chi connectivity index (χ1v) is 12.3. The van der Waals surface area contributed by atoms with Crippen LogP contribution in [0.4, 0.5) is 17.2 Å². The second-order valence-electron chi connectivity index (χ2n) is 8.20. The predicted octanol–water partition coefficient (Wildman–Crippen LogP) is 5.21. The third-order valence-electron chi connectivity index (χ3n) is 6.14. The van der Waals surface area contributed by atoms with E-state index in [2.05, 4.69) is 58.2 Å². The van der Waals surface area contributed by atoms with Gasteiger partial charge in [0.1, 0.15) is 5.69 Å². The van der Waals surface area contributed by atoms with Crippen LogP contribution in [0.2, 0.25) is 0 Å². The molecule has 1 atom stereocenters. The third-order valence-corrected chi connectivity index (χ3v) is 7.03. The first-order chi connectivity index (χ1) is 15.6. The summed E-state index contributed by atoms with van der Waals surface area (Å²) in [5.41, 5.74) is 4.06. The van der Waals surface area contributed by atoms with Crippen LogP contribution in [0.15, 0.2) is 47.8 Å². The molecule has 1 amide bonds.